The van der Waals surface area contributed by atoms with Gasteiger partial charge in [0, 0.05) is 48.5 Å². The van der Waals surface area contributed by atoms with Crippen molar-refractivity contribution in [3.8, 4) is 23.3 Å². The Morgan fingerprint density at radius 1 is 1.16 bits per heavy atom. The summed E-state index contributed by atoms with van der Waals surface area (Å²) < 4.78 is 17.4. The van der Waals surface area contributed by atoms with Crippen LogP contribution < -0.4 is 4.74 Å². The van der Waals surface area contributed by atoms with Crippen molar-refractivity contribution < 1.29 is 59.2 Å². The number of benzene rings is 2. The van der Waals surface area contributed by atoms with E-state index in [2.05, 4.69) is 0 Å². The predicted octanol–water partition coefficient (Wildman–Crippen LogP) is -0.140. The molecule has 1 saturated heterocycles. The molecule has 6 atom stereocenters. The van der Waals surface area contributed by atoms with Crippen LogP contribution in [0.15, 0.2) is 18.2 Å². The first-order valence-electron chi connectivity index (χ1n) is 14.4. The summed E-state index contributed by atoms with van der Waals surface area (Å²) in [6, 6.07) is 5.59. The molecule has 6 N–H and O–H groups in total. The van der Waals surface area contributed by atoms with Crippen LogP contribution in [0.2, 0.25) is 0 Å². The Morgan fingerprint density at radius 2 is 1.87 bits per heavy atom. The summed E-state index contributed by atoms with van der Waals surface area (Å²) in [5, 5.41) is 73.8. The van der Waals surface area contributed by atoms with Crippen LogP contribution in [0.25, 0.3) is 0 Å². The molecule has 2 aliphatic carbocycles. The Morgan fingerprint density at radius 3 is 2.51 bits per heavy atom. The second-order valence-corrected chi connectivity index (χ2v) is 11.4. The molecule has 2 aromatic rings. The Bertz CT molecular complexity index is 1590. The Labute approximate surface area is 257 Å². The zero-order valence-electron chi connectivity index (χ0n) is 24.6. The number of phenols is 2. The number of methoxy groups -OCH3 is 1. The van der Waals surface area contributed by atoms with E-state index in [-0.39, 0.29) is 54.1 Å². The number of fused-ring (bicyclic) bond motifs is 3. The molecule has 0 saturated carbocycles. The van der Waals surface area contributed by atoms with Crippen LogP contribution in [0, 0.1) is 11.3 Å². The molecule has 4 unspecified atom stereocenters. The number of carbonyl (C=O) groups is 3. The first-order chi connectivity index (χ1) is 21.4. The summed E-state index contributed by atoms with van der Waals surface area (Å²) in [5.74, 6) is -3.98. The second kappa shape index (κ2) is 12.5. The van der Waals surface area contributed by atoms with Gasteiger partial charge < -0.3 is 44.8 Å². The maximum absolute atomic E-state index is 13.8. The summed E-state index contributed by atoms with van der Waals surface area (Å²) in [6.45, 7) is 0.146. The zero-order valence-corrected chi connectivity index (χ0v) is 24.6. The lowest BCUT2D eigenvalue weighted by molar-refractivity contribution is -0.258. The quantitative estimate of drug-likeness (QED) is 0.134. The van der Waals surface area contributed by atoms with E-state index in [1.165, 1.54) is 25.3 Å². The summed E-state index contributed by atoms with van der Waals surface area (Å²) in [5.41, 5.74) is -3.92. The SMILES string of the molecule is COc1cccc2c1C(=O)c1c(O)c3c(c(O)c1C2=O)C[C@@](O)(C(=O)CO)C[C@@H]3OC1CC(N(CC#N)CCO)C(O)C(C)O1. The summed E-state index contributed by atoms with van der Waals surface area (Å²) >= 11 is 0. The molecule has 0 radical (unpaired) electrons. The number of phenolic OH excluding ortho intramolecular Hbond substituents is 2. The largest absolute Gasteiger partial charge is 0.507 e. The standard InChI is InChI=1S/C31H34N2O12/c1-14-26(37)17(33(7-6-32)8-9-34)10-21(44-14)45-19-12-31(42,20(36)13-35)11-16-23(19)30(41)25-24(28(16)39)27(38)15-4-3-5-18(43-2)22(15)29(25)40/h3-5,14,17,19,21,26,34-35,37,39,41-42H,7-13H2,1-2H3/t14?,17?,19-,21?,26?,31-/m0/s1. The fourth-order valence-corrected chi connectivity index (χ4v) is 6.64. The second-order valence-electron chi connectivity index (χ2n) is 11.4. The number of aromatic hydroxyl groups is 2. The van der Waals surface area contributed by atoms with Crippen LogP contribution in [-0.2, 0) is 20.7 Å². The van der Waals surface area contributed by atoms with Crippen molar-refractivity contribution in [3.63, 3.8) is 0 Å². The van der Waals surface area contributed by atoms with Gasteiger partial charge in [0.05, 0.1) is 61.3 Å². The molecule has 0 aromatic heterocycles. The molecule has 14 nitrogen and oxygen atoms in total. The summed E-state index contributed by atoms with van der Waals surface area (Å²) in [7, 11) is 1.31. The van der Waals surface area contributed by atoms with Gasteiger partial charge in [-0.3, -0.25) is 19.3 Å². The molecule has 3 aliphatic rings. The number of aliphatic hydroxyl groups excluding tert-OH is 3. The number of hydrogen-bond donors (Lipinski definition) is 6. The normalized spacial score (nSPS) is 27.4. The highest BCUT2D eigenvalue weighted by molar-refractivity contribution is 6.31. The molecule has 1 aliphatic heterocycles. The van der Waals surface area contributed by atoms with E-state index in [4.69, 9.17) is 14.2 Å². The van der Waals surface area contributed by atoms with Gasteiger partial charge in [0.25, 0.3) is 0 Å². The lowest BCUT2D eigenvalue weighted by atomic mass is 9.72. The summed E-state index contributed by atoms with van der Waals surface area (Å²) in [6.07, 6.45) is -5.73. The molecule has 2 aromatic carbocycles. The highest BCUT2D eigenvalue weighted by atomic mass is 16.7. The fourth-order valence-electron chi connectivity index (χ4n) is 6.64. The van der Waals surface area contributed by atoms with E-state index in [9.17, 15) is 50.3 Å². The Hall–Kier alpha value is -3.94. The third kappa shape index (κ3) is 5.36. The topological polar surface area (TPSA) is 227 Å². The van der Waals surface area contributed by atoms with Gasteiger partial charge in [0.15, 0.2) is 17.9 Å². The molecular formula is C31H34N2O12. The van der Waals surface area contributed by atoms with Crippen LogP contribution in [0.5, 0.6) is 17.2 Å². The molecule has 0 spiro atoms. The highest BCUT2D eigenvalue weighted by Crippen LogP contribution is 2.52. The number of ketones is 3. The van der Waals surface area contributed by atoms with Crippen molar-refractivity contribution in [1.29, 1.82) is 5.26 Å². The molecule has 5 rings (SSSR count). The van der Waals surface area contributed by atoms with Crippen molar-refractivity contribution in [2.45, 2.75) is 62.4 Å². The maximum Gasteiger partial charge on any atom is 0.202 e. The number of ether oxygens (including phenoxy) is 3. The van der Waals surface area contributed by atoms with Crippen LogP contribution in [0.4, 0.5) is 0 Å². The van der Waals surface area contributed by atoms with Gasteiger partial charge in [-0.1, -0.05) is 12.1 Å². The van der Waals surface area contributed by atoms with E-state index >= 15 is 0 Å². The van der Waals surface area contributed by atoms with Gasteiger partial charge in [0.1, 0.15) is 29.5 Å². The van der Waals surface area contributed by atoms with Crippen molar-refractivity contribution >= 4 is 17.3 Å². The number of nitrogens with zero attached hydrogens (tertiary/aromatic N) is 2. The first kappa shape index (κ1) is 32.5. The third-order valence-electron chi connectivity index (χ3n) is 8.86. The lowest BCUT2D eigenvalue weighted by Crippen LogP contribution is -2.56. The smallest absolute Gasteiger partial charge is 0.202 e. The fraction of sp³-hybridized carbons (Fsp3) is 0.484. The van der Waals surface area contributed by atoms with E-state index < -0.39 is 95.7 Å². The van der Waals surface area contributed by atoms with Crippen molar-refractivity contribution in [3.05, 3.63) is 51.6 Å². The van der Waals surface area contributed by atoms with Crippen molar-refractivity contribution in [2.24, 2.45) is 0 Å². The maximum atomic E-state index is 13.8. The number of carbonyl (C=O) groups excluding carboxylic acids is 3. The number of nitriles is 1. The minimum Gasteiger partial charge on any atom is -0.507 e. The molecular weight excluding hydrogens is 592 g/mol. The molecule has 45 heavy (non-hydrogen) atoms. The monoisotopic (exact) mass is 626 g/mol. The highest BCUT2D eigenvalue weighted by Gasteiger charge is 2.50. The molecule has 0 amide bonds. The average molecular weight is 627 g/mol. The van der Waals surface area contributed by atoms with Gasteiger partial charge in [-0.05, 0) is 13.0 Å². The summed E-state index contributed by atoms with van der Waals surface area (Å²) in [4.78, 5) is 41.8. The van der Waals surface area contributed by atoms with Gasteiger partial charge in [-0.2, -0.15) is 5.26 Å². The molecule has 0 bridgehead atoms. The first-order valence-corrected chi connectivity index (χ1v) is 14.4. The molecule has 240 valence electrons. The Balaban J connectivity index is 1.63. The molecule has 14 heteroatoms. The van der Waals surface area contributed by atoms with Gasteiger partial charge >= 0.3 is 0 Å². The number of aliphatic hydroxyl groups is 4. The minimum absolute atomic E-state index is 0.0505. The lowest BCUT2D eigenvalue weighted by Gasteiger charge is -2.45. The zero-order chi connectivity index (χ0) is 32.8. The number of rotatable bonds is 9. The average Bonchev–Trinajstić information content (AvgIpc) is 3.02. The van der Waals surface area contributed by atoms with Crippen molar-refractivity contribution in [2.75, 3.05) is 33.4 Å². The number of Topliss-reactive ketones (excluding diaryl/α,β-unsaturated/α-hetero) is 1. The van der Waals surface area contributed by atoms with Gasteiger partial charge in [0.2, 0.25) is 5.78 Å². The predicted molar refractivity (Wildman–Crippen MR) is 152 cm³/mol. The third-order valence-corrected chi connectivity index (χ3v) is 8.86. The Kier molecular flexibility index (Phi) is 8.98. The van der Waals surface area contributed by atoms with E-state index in [1.807, 2.05) is 6.07 Å². The van der Waals surface area contributed by atoms with Crippen LogP contribution in [-0.4, -0.2) is 116 Å². The van der Waals surface area contributed by atoms with Crippen LogP contribution >= 0.6 is 0 Å². The van der Waals surface area contributed by atoms with E-state index in [0.717, 1.165) is 0 Å². The van der Waals surface area contributed by atoms with Crippen LogP contribution in [0.1, 0.15) is 68.8 Å². The van der Waals surface area contributed by atoms with E-state index in [0.29, 0.717) is 0 Å². The van der Waals surface area contributed by atoms with Gasteiger partial charge in [-0.15, -0.1) is 0 Å². The van der Waals surface area contributed by atoms with Crippen LogP contribution in [0.3, 0.4) is 0 Å². The van der Waals surface area contributed by atoms with Gasteiger partial charge in [-0.25, -0.2) is 0 Å². The number of hydrogen-bond acceptors (Lipinski definition) is 14. The van der Waals surface area contributed by atoms with Crippen molar-refractivity contribution in [1.82, 2.24) is 4.90 Å². The molecule has 1 heterocycles. The minimum atomic E-state index is -2.31. The van der Waals surface area contributed by atoms with E-state index in [1.54, 1.807) is 11.8 Å². The molecule has 1 fully saturated rings.